The minimum atomic E-state index is -3.70. The standard InChI is InChI=1S/C16H19N5O4S/c1-11(23)19-15-10-21-9-14(17-8-16(21)20-15)12-3-2-4-13(7-12)26(24,25)18-5-6-22/h2-4,7-11,18-19,22-23H,5-6H2,1H3. The molecular weight excluding hydrogens is 358 g/mol. The van der Waals surface area contributed by atoms with Crippen LogP contribution in [0.4, 0.5) is 5.82 Å². The van der Waals surface area contributed by atoms with Crippen molar-refractivity contribution in [1.29, 1.82) is 0 Å². The predicted molar refractivity (Wildman–Crippen MR) is 96.0 cm³/mol. The largest absolute Gasteiger partial charge is 0.395 e. The fourth-order valence-corrected chi connectivity index (χ4v) is 3.48. The molecule has 9 nitrogen and oxygen atoms in total. The predicted octanol–water partition coefficient (Wildman–Crippen LogP) is 0.417. The van der Waals surface area contributed by atoms with Gasteiger partial charge in [-0.3, -0.25) is 4.98 Å². The normalized spacial score (nSPS) is 13.0. The number of fused-ring (bicyclic) bond motifs is 1. The highest BCUT2D eigenvalue weighted by Crippen LogP contribution is 2.22. The van der Waals surface area contributed by atoms with E-state index in [4.69, 9.17) is 5.11 Å². The zero-order valence-corrected chi connectivity index (χ0v) is 14.8. The lowest BCUT2D eigenvalue weighted by Crippen LogP contribution is -2.26. The SMILES string of the molecule is CC(O)Nc1cn2cc(-c3cccc(S(=O)(=O)NCCO)c3)ncc2n1. The topological polar surface area (TPSA) is 129 Å². The molecule has 3 aromatic rings. The summed E-state index contributed by atoms with van der Waals surface area (Å²) in [6, 6.07) is 6.37. The van der Waals surface area contributed by atoms with Gasteiger partial charge in [-0.15, -0.1) is 0 Å². The number of imidazole rings is 1. The third-order valence-electron chi connectivity index (χ3n) is 3.54. The third-order valence-corrected chi connectivity index (χ3v) is 5.00. The summed E-state index contributed by atoms with van der Waals surface area (Å²) in [4.78, 5) is 8.69. The van der Waals surface area contributed by atoms with E-state index in [1.165, 1.54) is 12.1 Å². The average Bonchev–Trinajstić information content (AvgIpc) is 3.00. The molecular formula is C16H19N5O4S. The van der Waals surface area contributed by atoms with Crippen LogP contribution in [0.2, 0.25) is 0 Å². The molecule has 0 spiro atoms. The molecule has 0 saturated heterocycles. The summed E-state index contributed by atoms with van der Waals surface area (Å²) >= 11 is 0. The molecule has 2 heterocycles. The molecule has 138 valence electrons. The Kier molecular flexibility index (Phi) is 5.18. The molecule has 0 aliphatic carbocycles. The van der Waals surface area contributed by atoms with Crippen LogP contribution in [0.25, 0.3) is 16.9 Å². The van der Waals surface area contributed by atoms with E-state index in [-0.39, 0.29) is 18.0 Å². The lowest BCUT2D eigenvalue weighted by Gasteiger charge is -2.07. The van der Waals surface area contributed by atoms with E-state index in [2.05, 4.69) is 20.0 Å². The van der Waals surface area contributed by atoms with Crippen LogP contribution in [-0.2, 0) is 10.0 Å². The molecule has 0 aliphatic rings. The number of aliphatic hydroxyl groups excluding tert-OH is 2. The molecule has 1 aromatic carbocycles. The third kappa shape index (κ3) is 3.99. The second-order valence-corrected chi connectivity index (χ2v) is 7.40. The summed E-state index contributed by atoms with van der Waals surface area (Å²) in [7, 11) is -3.70. The monoisotopic (exact) mass is 377 g/mol. The van der Waals surface area contributed by atoms with Crippen molar-refractivity contribution in [3.8, 4) is 11.3 Å². The van der Waals surface area contributed by atoms with E-state index in [1.807, 2.05) is 0 Å². The molecule has 0 aliphatic heterocycles. The van der Waals surface area contributed by atoms with E-state index in [9.17, 15) is 13.5 Å². The highest BCUT2D eigenvalue weighted by Gasteiger charge is 2.14. The second kappa shape index (κ2) is 7.38. The smallest absolute Gasteiger partial charge is 0.240 e. The Morgan fingerprint density at radius 1 is 1.31 bits per heavy atom. The van der Waals surface area contributed by atoms with Crippen molar-refractivity contribution in [1.82, 2.24) is 19.1 Å². The van der Waals surface area contributed by atoms with Gasteiger partial charge in [0.25, 0.3) is 0 Å². The van der Waals surface area contributed by atoms with Crippen molar-refractivity contribution in [3.05, 3.63) is 42.9 Å². The van der Waals surface area contributed by atoms with Gasteiger partial charge in [-0.05, 0) is 19.1 Å². The van der Waals surface area contributed by atoms with Crippen molar-refractivity contribution < 1.29 is 18.6 Å². The first-order valence-corrected chi connectivity index (χ1v) is 9.38. The van der Waals surface area contributed by atoms with E-state index in [0.29, 0.717) is 22.7 Å². The van der Waals surface area contributed by atoms with E-state index < -0.39 is 16.3 Å². The summed E-state index contributed by atoms with van der Waals surface area (Å²) in [6.45, 7) is 1.26. The van der Waals surface area contributed by atoms with Gasteiger partial charge in [0.05, 0.1) is 29.6 Å². The number of anilines is 1. The van der Waals surface area contributed by atoms with Crippen molar-refractivity contribution in [2.24, 2.45) is 0 Å². The first-order valence-electron chi connectivity index (χ1n) is 7.89. The van der Waals surface area contributed by atoms with E-state index in [1.54, 1.807) is 42.0 Å². The maximum atomic E-state index is 12.2. The summed E-state index contributed by atoms with van der Waals surface area (Å²) in [5.41, 5.74) is 1.78. The van der Waals surface area contributed by atoms with Gasteiger partial charge in [0.15, 0.2) is 5.65 Å². The van der Waals surface area contributed by atoms with Gasteiger partial charge >= 0.3 is 0 Å². The van der Waals surface area contributed by atoms with Crippen LogP contribution in [0.3, 0.4) is 0 Å². The Labute approximate surface area is 150 Å². The molecule has 26 heavy (non-hydrogen) atoms. The number of aromatic nitrogens is 3. The van der Waals surface area contributed by atoms with Crippen LogP contribution in [0.15, 0.2) is 47.8 Å². The fourth-order valence-electron chi connectivity index (χ4n) is 2.42. The Balaban J connectivity index is 1.95. The number of hydrogen-bond donors (Lipinski definition) is 4. The molecule has 1 unspecified atom stereocenters. The van der Waals surface area contributed by atoms with Crippen LogP contribution >= 0.6 is 0 Å². The number of sulfonamides is 1. The Morgan fingerprint density at radius 3 is 2.85 bits per heavy atom. The van der Waals surface area contributed by atoms with Crippen LogP contribution < -0.4 is 10.0 Å². The minimum absolute atomic E-state index is 0.0507. The number of aliphatic hydroxyl groups is 2. The van der Waals surface area contributed by atoms with E-state index in [0.717, 1.165) is 0 Å². The summed E-state index contributed by atoms with van der Waals surface area (Å²) in [5, 5.41) is 21.0. The average molecular weight is 377 g/mol. The van der Waals surface area contributed by atoms with Crippen LogP contribution in [0, 0.1) is 0 Å². The van der Waals surface area contributed by atoms with Crippen molar-refractivity contribution in [2.75, 3.05) is 18.5 Å². The van der Waals surface area contributed by atoms with Crippen LogP contribution in [0.5, 0.6) is 0 Å². The molecule has 3 rings (SSSR count). The molecule has 0 fully saturated rings. The zero-order valence-electron chi connectivity index (χ0n) is 14.0. The number of nitrogens with one attached hydrogen (secondary N) is 2. The maximum Gasteiger partial charge on any atom is 0.240 e. The first-order chi connectivity index (χ1) is 12.4. The van der Waals surface area contributed by atoms with Gasteiger partial charge < -0.3 is 19.9 Å². The summed E-state index contributed by atoms with van der Waals surface area (Å²) in [6.07, 6.45) is 4.26. The Hall–Kier alpha value is -2.53. The molecule has 0 amide bonds. The van der Waals surface area contributed by atoms with E-state index >= 15 is 0 Å². The Bertz CT molecular complexity index is 1020. The van der Waals surface area contributed by atoms with Crippen LogP contribution in [0.1, 0.15) is 6.92 Å². The van der Waals surface area contributed by atoms with Gasteiger partial charge in [0.2, 0.25) is 10.0 Å². The highest BCUT2D eigenvalue weighted by atomic mass is 32.2. The first kappa shape index (κ1) is 18.3. The molecule has 0 radical (unpaired) electrons. The summed E-state index contributed by atoms with van der Waals surface area (Å²) < 4.78 is 28.5. The van der Waals surface area contributed by atoms with Gasteiger partial charge in [0.1, 0.15) is 12.0 Å². The van der Waals surface area contributed by atoms with Crippen molar-refractivity contribution in [2.45, 2.75) is 18.0 Å². The van der Waals surface area contributed by atoms with Gasteiger partial charge in [-0.2, -0.15) is 0 Å². The molecule has 1 atom stereocenters. The number of nitrogens with zero attached hydrogens (tertiary/aromatic N) is 3. The fraction of sp³-hybridized carbons (Fsp3) is 0.250. The maximum absolute atomic E-state index is 12.2. The number of benzene rings is 1. The van der Waals surface area contributed by atoms with Crippen molar-refractivity contribution >= 4 is 21.5 Å². The molecule has 10 heteroatoms. The Morgan fingerprint density at radius 2 is 2.12 bits per heavy atom. The summed E-state index contributed by atoms with van der Waals surface area (Å²) in [5.74, 6) is 0.503. The quantitative estimate of drug-likeness (QED) is 0.439. The lowest BCUT2D eigenvalue weighted by molar-refractivity contribution is 0.224. The van der Waals surface area contributed by atoms with Crippen LogP contribution in [-0.4, -0.2) is 52.4 Å². The zero-order chi connectivity index (χ0) is 18.7. The lowest BCUT2D eigenvalue weighted by atomic mass is 10.2. The van der Waals surface area contributed by atoms with Crippen molar-refractivity contribution in [3.63, 3.8) is 0 Å². The number of rotatable bonds is 7. The second-order valence-electron chi connectivity index (χ2n) is 5.63. The molecule has 2 aromatic heterocycles. The highest BCUT2D eigenvalue weighted by molar-refractivity contribution is 7.89. The molecule has 0 saturated carbocycles. The number of hydrogen-bond acceptors (Lipinski definition) is 7. The molecule has 0 bridgehead atoms. The van der Waals surface area contributed by atoms with Gasteiger partial charge in [-0.1, -0.05) is 12.1 Å². The van der Waals surface area contributed by atoms with Gasteiger partial charge in [0, 0.05) is 18.3 Å². The minimum Gasteiger partial charge on any atom is -0.395 e. The van der Waals surface area contributed by atoms with Gasteiger partial charge in [-0.25, -0.2) is 18.1 Å². The molecule has 4 N–H and O–H groups in total.